The van der Waals surface area contributed by atoms with Crippen molar-refractivity contribution in [3.8, 4) is 5.75 Å². The van der Waals surface area contributed by atoms with Crippen molar-refractivity contribution in [1.29, 1.82) is 0 Å². The minimum atomic E-state index is -1.09. The van der Waals surface area contributed by atoms with E-state index in [2.05, 4.69) is 10.6 Å². The maximum absolute atomic E-state index is 14.2. The fourth-order valence-corrected chi connectivity index (χ4v) is 4.77. The Kier molecular flexibility index (Phi) is 10.0. The number of phenols is 1. The number of alkyl carbamates (subject to hydrolysis) is 1. The van der Waals surface area contributed by atoms with Crippen LogP contribution in [0.3, 0.4) is 0 Å². The van der Waals surface area contributed by atoms with Gasteiger partial charge in [0.25, 0.3) is 0 Å². The molecular weight excluding hydrogens is 470 g/mol. The molecule has 3 amide bonds. The number of carbonyl (C=O) groups is 3. The maximum Gasteiger partial charge on any atom is 0.408 e. The number of rotatable bonds is 7. The second-order valence-electron chi connectivity index (χ2n) is 12.5. The molecule has 0 aliphatic heterocycles. The molecule has 0 radical (unpaired) electrons. The normalized spacial score (nSPS) is 16.6. The smallest absolute Gasteiger partial charge is 0.408 e. The van der Waals surface area contributed by atoms with E-state index >= 15 is 0 Å². The highest BCUT2D eigenvalue weighted by atomic mass is 16.6. The molecule has 3 N–H and O–H groups in total. The highest BCUT2D eigenvalue weighted by Crippen LogP contribution is 2.37. The van der Waals surface area contributed by atoms with Crippen LogP contribution in [0, 0.1) is 12.8 Å². The molecule has 0 spiro atoms. The van der Waals surface area contributed by atoms with Crippen LogP contribution in [-0.2, 0) is 14.3 Å². The average molecular weight is 518 g/mol. The predicted molar refractivity (Wildman–Crippen MR) is 145 cm³/mol. The Morgan fingerprint density at radius 2 is 1.62 bits per heavy atom. The topological polar surface area (TPSA) is 108 Å². The summed E-state index contributed by atoms with van der Waals surface area (Å²) in [7, 11) is 0. The third-order valence-corrected chi connectivity index (χ3v) is 6.59. The zero-order valence-electron chi connectivity index (χ0n) is 24.1. The molecule has 2 unspecified atom stereocenters. The summed E-state index contributed by atoms with van der Waals surface area (Å²) in [4.78, 5) is 42.3. The number of phenolic OH excluding ortho intramolecular Hbond substituents is 1. The standard InChI is InChI=1S/C29H47N3O5/c1-18(2)22(31-27(36)37-29(7,8)9)26(35)32(28(4,5)6)23(21-17-13-14-19(3)24(21)33)25(34)30-20-15-11-10-12-16-20/h13-14,17-18,20,22-23,33H,10-12,15-16H2,1-9H3,(H,30,34)(H,31,36). The number of hydrogen-bond acceptors (Lipinski definition) is 5. The molecular formula is C29H47N3O5. The summed E-state index contributed by atoms with van der Waals surface area (Å²) in [6.07, 6.45) is 4.31. The third kappa shape index (κ3) is 8.37. The van der Waals surface area contributed by atoms with Crippen LogP contribution in [0.2, 0.25) is 0 Å². The van der Waals surface area contributed by atoms with Crippen molar-refractivity contribution in [2.45, 2.75) is 124 Å². The Balaban J connectivity index is 2.56. The molecule has 37 heavy (non-hydrogen) atoms. The molecule has 1 aliphatic rings. The Bertz CT molecular complexity index is 955. The molecule has 2 rings (SSSR count). The van der Waals surface area contributed by atoms with E-state index in [1.54, 1.807) is 45.9 Å². The second-order valence-corrected chi connectivity index (χ2v) is 12.5. The van der Waals surface area contributed by atoms with Crippen LogP contribution in [0.1, 0.15) is 105 Å². The van der Waals surface area contributed by atoms with E-state index < -0.39 is 35.2 Å². The highest BCUT2D eigenvalue weighted by Gasteiger charge is 2.44. The van der Waals surface area contributed by atoms with Gasteiger partial charge in [0.05, 0.1) is 0 Å². The van der Waals surface area contributed by atoms with Gasteiger partial charge in [0, 0.05) is 17.1 Å². The molecule has 208 valence electrons. The van der Waals surface area contributed by atoms with Crippen molar-refractivity contribution in [2.24, 2.45) is 5.92 Å². The zero-order valence-corrected chi connectivity index (χ0v) is 24.1. The lowest BCUT2D eigenvalue weighted by molar-refractivity contribution is -0.149. The summed E-state index contributed by atoms with van der Waals surface area (Å²) in [6.45, 7) is 16.3. The first-order valence-electron chi connectivity index (χ1n) is 13.4. The van der Waals surface area contributed by atoms with Crippen molar-refractivity contribution in [3.05, 3.63) is 29.3 Å². The first-order chi connectivity index (χ1) is 17.0. The van der Waals surface area contributed by atoms with Gasteiger partial charge < -0.3 is 25.4 Å². The molecule has 1 saturated carbocycles. The fourth-order valence-electron chi connectivity index (χ4n) is 4.77. The van der Waals surface area contributed by atoms with E-state index in [1.807, 2.05) is 34.6 Å². The minimum absolute atomic E-state index is 0.0189. The van der Waals surface area contributed by atoms with Crippen LogP contribution in [0.5, 0.6) is 5.75 Å². The van der Waals surface area contributed by atoms with Crippen LogP contribution in [-0.4, -0.2) is 51.1 Å². The third-order valence-electron chi connectivity index (χ3n) is 6.59. The monoisotopic (exact) mass is 517 g/mol. The maximum atomic E-state index is 14.2. The van der Waals surface area contributed by atoms with Gasteiger partial charge in [-0.1, -0.05) is 51.3 Å². The average Bonchev–Trinajstić information content (AvgIpc) is 2.76. The molecule has 0 bridgehead atoms. The summed E-state index contributed by atoms with van der Waals surface area (Å²) < 4.78 is 5.42. The van der Waals surface area contributed by atoms with E-state index in [0.29, 0.717) is 11.1 Å². The molecule has 0 heterocycles. The van der Waals surface area contributed by atoms with Crippen molar-refractivity contribution < 1.29 is 24.2 Å². The summed E-state index contributed by atoms with van der Waals surface area (Å²) in [5, 5.41) is 16.9. The van der Waals surface area contributed by atoms with E-state index in [9.17, 15) is 19.5 Å². The summed E-state index contributed by atoms with van der Waals surface area (Å²) in [5.41, 5.74) is -0.573. The first kappa shape index (κ1) is 30.5. The quantitative estimate of drug-likeness (QED) is 0.451. The van der Waals surface area contributed by atoms with Gasteiger partial charge in [-0.25, -0.2) is 4.79 Å². The number of hydrogen-bond donors (Lipinski definition) is 3. The summed E-state index contributed by atoms with van der Waals surface area (Å²) >= 11 is 0. The van der Waals surface area contributed by atoms with Gasteiger partial charge in [0.2, 0.25) is 11.8 Å². The van der Waals surface area contributed by atoms with Gasteiger partial charge in [0.1, 0.15) is 23.4 Å². The van der Waals surface area contributed by atoms with E-state index in [4.69, 9.17) is 4.74 Å². The Hall–Kier alpha value is -2.77. The Morgan fingerprint density at radius 3 is 2.14 bits per heavy atom. The number of para-hydroxylation sites is 1. The molecule has 1 aromatic rings. The molecule has 1 fully saturated rings. The van der Waals surface area contributed by atoms with Crippen molar-refractivity contribution in [2.75, 3.05) is 0 Å². The minimum Gasteiger partial charge on any atom is -0.507 e. The summed E-state index contributed by atoms with van der Waals surface area (Å²) in [6, 6.07) is 3.22. The Morgan fingerprint density at radius 1 is 1.03 bits per heavy atom. The van der Waals surface area contributed by atoms with Gasteiger partial charge in [-0.2, -0.15) is 0 Å². The Labute approximate surface area is 222 Å². The highest BCUT2D eigenvalue weighted by molar-refractivity contribution is 5.93. The molecule has 1 aromatic carbocycles. The molecule has 8 heteroatoms. The number of benzene rings is 1. The van der Waals surface area contributed by atoms with Crippen LogP contribution >= 0.6 is 0 Å². The molecule has 1 aliphatic carbocycles. The van der Waals surface area contributed by atoms with Gasteiger partial charge >= 0.3 is 6.09 Å². The zero-order chi connectivity index (χ0) is 28.1. The van der Waals surface area contributed by atoms with Crippen molar-refractivity contribution in [1.82, 2.24) is 15.5 Å². The van der Waals surface area contributed by atoms with Crippen LogP contribution < -0.4 is 10.6 Å². The van der Waals surface area contributed by atoms with Crippen LogP contribution in [0.4, 0.5) is 4.79 Å². The second kappa shape index (κ2) is 12.2. The van der Waals surface area contributed by atoms with E-state index in [0.717, 1.165) is 32.1 Å². The lowest BCUT2D eigenvalue weighted by Crippen LogP contribution is -2.60. The number of aryl methyl sites for hydroxylation is 1. The number of nitrogens with zero attached hydrogens (tertiary/aromatic N) is 1. The molecule has 0 saturated heterocycles. The molecule has 0 aromatic heterocycles. The van der Waals surface area contributed by atoms with E-state index in [1.165, 1.54) is 4.90 Å². The van der Waals surface area contributed by atoms with Gasteiger partial charge in [-0.05, 0) is 72.8 Å². The number of nitrogens with one attached hydrogen (secondary N) is 2. The predicted octanol–water partition coefficient (Wildman–Crippen LogP) is 5.37. The summed E-state index contributed by atoms with van der Waals surface area (Å²) in [5.74, 6) is -1.05. The lowest BCUT2D eigenvalue weighted by atomic mass is 9.91. The fraction of sp³-hybridized carbons (Fsp3) is 0.690. The number of carbonyl (C=O) groups excluding carboxylic acids is 3. The van der Waals surface area contributed by atoms with Crippen LogP contribution in [0.15, 0.2) is 18.2 Å². The van der Waals surface area contributed by atoms with Gasteiger partial charge in [-0.15, -0.1) is 0 Å². The first-order valence-corrected chi connectivity index (χ1v) is 13.4. The largest absolute Gasteiger partial charge is 0.507 e. The van der Waals surface area contributed by atoms with E-state index in [-0.39, 0.29) is 23.6 Å². The SMILES string of the molecule is Cc1cccc(C(C(=O)NC2CCCCC2)N(C(=O)C(NC(=O)OC(C)(C)C)C(C)C)C(C)(C)C)c1O. The lowest BCUT2D eigenvalue weighted by Gasteiger charge is -2.44. The number of aromatic hydroxyl groups is 1. The number of ether oxygens (including phenoxy) is 1. The molecule has 8 nitrogen and oxygen atoms in total. The van der Waals surface area contributed by atoms with Crippen LogP contribution in [0.25, 0.3) is 0 Å². The van der Waals surface area contributed by atoms with Gasteiger partial charge in [0.15, 0.2) is 0 Å². The number of amides is 3. The molecule has 2 atom stereocenters. The van der Waals surface area contributed by atoms with Crippen molar-refractivity contribution in [3.63, 3.8) is 0 Å². The van der Waals surface area contributed by atoms with Crippen molar-refractivity contribution >= 4 is 17.9 Å². The van der Waals surface area contributed by atoms with Gasteiger partial charge in [-0.3, -0.25) is 9.59 Å².